The molecule has 0 unspecified atom stereocenters. The zero-order chi connectivity index (χ0) is 28.1. The molecule has 0 heterocycles. The molecule has 4 aromatic carbocycles. The van der Waals surface area contributed by atoms with E-state index in [1.807, 2.05) is 12.1 Å². The molecule has 0 spiro atoms. The maximum absolute atomic E-state index is 11.4. The summed E-state index contributed by atoms with van der Waals surface area (Å²) in [4.78, 5) is 45.4. The van der Waals surface area contributed by atoms with E-state index < -0.39 is 23.9 Å². The largest absolute Gasteiger partial charge is 0.478 e. The van der Waals surface area contributed by atoms with E-state index >= 15 is 0 Å². The van der Waals surface area contributed by atoms with Crippen LogP contribution in [0.4, 0.5) is 0 Å². The number of hydrogen-bond donors (Lipinski definition) is 4. The lowest BCUT2D eigenvalue weighted by molar-refractivity contribution is 0.0651. The quantitative estimate of drug-likeness (QED) is 0.202. The van der Waals surface area contributed by atoms with Gasteiger partial charge >= 0.3 is 23.9 Å². The minimum atomic E-state index is -1.38. The molecule has 4 N–H and O–H groups in total. The average Bonchev–Trinajstić information content (AvgIpc) is 2.88. The predicted molar refractivity (Wildman–Crippen MR) is 137 cm³/mol. The number of benzene rings is 4. The molecule has 0 aliphatic rings. The van der Waals surface area contributed by atoms with Gasteiger partial charge in [0.15, 0.2) is 0 Å². The van der Waals surface area contributed by atoms with Crippen LogP contribution in [0.1, 0.15) is 52.6 Å². The van der Waals surface area contributed by atoms with Crippen molar-refractivity contribution < 1.29 is 49.1 Å². The number of aromatic carboxylic acids is 4. The van der Waals surface area contributed by atoms with Crippen molar-refractivity contribution in [3.8, 4) is 23.0 Å². The SMILES string of the molecule is O=C(O)c1ccc(Oc2cccc(Cc3cccc(Oc4ccc(C(=O)O)c(C(=O)O)c4)c3)c2)cc1C(=O)O. The molecule has 0 amide bonds. The molecule has 0 aliphatic carbocycles. The summed E-state index contributed by atoms with van der Waals surface area (Å²) in [7, 11) is 0. The Morgan fingerprint density at radius 3 is 1.18 bits per heavy atom. The van der Waals surface area contributed by atoms with Crippen LogP contribution in [0.5, 0.6) is 23.0 Å². The maximum atomic E-state index is 11.4. The van der Waals surface area contributed by atoms with Crippen LogP contribution < -0.4 is 9.47 Å². The Labute approximate surface area is 220 Å². The van der Waals surface area contributed by atoms with Gasteiger partial charge in [-0.25, -0.2) is 19.2 Å². The summed E-state index contributed by atoms with van der Waals surface area (Å²) in [6, 6.07) is 21.5. The molecule has 10 heteroatoms. The average molecular weight is 528 g/mol. The second-order valence-corrected chi connectivity index (χ2v) is 8.31. The fourth-order valence-electron chi connectivity index (χ4n) is 3.85. The lowest BCUT2D eigenvalue weighted by Crippen LogP contribution is -2.08. The normalized spacial score (nSPS) is 10.5. The topological polar surface area (TPSA) is 168 Å². The van der Waals surface area contributed by atoms with E-state index in [4.69, 9.17) is 9.47 Å². The number of rotatable bonds is 10. The standard InChI is InChI=1S/C29H20O10/c30-26(31)22-9-7-20(14-24(22)28(34)35)38-18-5-1-3-16(12-18)11-17-4-2-6-19(13-17)39-21-8-10-23(27(32)33)25(15-21)29(36)37/h1-10,12-15H,11H2,(H,30,31)(H,32,33)(H,34,35)(H,36,37). The van der Waals surface area contributed by atoms with E-state index in [1.165, 1.54) is 24.3 Å². The van der Waals surface area contributed by atoms with Gasteiger partial charge < -0.3 is 29.9 Å². The first-order valence-electron chi connectivity index (χ1n) is 11.4. The fraction of sp³-hybridized carbons (Fsp3) is 0.0345. The Kier molecular flexibility index (Phi) is 7.57. The van der Waals surface area contributed by atoms with Crippen LogP contribution in [0.3, 0.4) is 0 Å². The van der Waals surface area contributed by atoms with Crippen molar-refractivity contribution in [1.29, 1.82) is 0 Å². The molecule has 0 atom stereocenters. The lowest BCUT2D eigenvalue weighted by Gasteiger charge is -2.11. The minimum Gasteiger partial charge on any atom is -0.478 e. The van der Waals surface area contributed by atoms with E-state index in [0.29, 0.717) is 17.9 Å². The molecule has 0 bridgehead atoms. The van der Waals surface area contributed by atoms with Gasteiger partial charge in [-0.15, -0.1) is 0 Å². The Hall–Kier alpha value is -5.64. The van der Waals surface area contributed by atoms with Crippen molar-refractivity contribution in [2.24, 2.45) is 0 Å². The number of carbonyl (C=O) groups is 4. The fourth-order valence-corrected chi connectivity index (χ4v) is 3.85. The molecule has 0 saturated carbocycles. The summed E-state index contributed by atoms with van der Waals surface area (Å²) in [6.07, 6.45) is 0.463. The maximum Gasteiger partial charge on any atom is 0.336 e. The second-order valence-electron chi connectivity index (χ2n) is 8.31. The van der Waals surface area contributed by atoms with Crippen molar-refractivity contribution in [1.82, 2.24) is 0 Å². The van der Waals surface area contributed by atoms with Gasteiger partial charge in [-0.05, 0) is 78.2 Å². The summed E-state index contributed by atoms with van der Waals surface area (Å²) in [5.41, 5.74) is 0.237. The van der Waals surface area contributed by atoms with Crippen LogP contribution in [0.25, 0.3) is 0 Å². The molecule has 0 aromatic heterocycles. The lowest BCUT2D eigenvalue weighted by atomic mass is 10.0. The summed E-state index contributed by atoms with van der Waals surface area (Å²) in [6.45, 7) is 0. The van der Waals surface area contributed by atoms with Crippen LogP contribution in [0.15, 0.2) is 84.9 Å². The first kappa shape index (κ1) is 26.4. The van der Waals surface area contributed by atoms with E-state index in [9.17, 15) is 39.6 Å². The van der Waals surface area contributed by atoms with Crippen molar-refractivity contribution >= 4 is 23.9 Å². The van der Waals surface area contributed by atoms with Crippen molar-refractivity contribution in [3.05, 3.63) is 118 Å². The van der Waals surface area contributed by atoms with Crippen molar-refractivity contribution in [2.75, 3.05) is 0 Å². The zero-order valence-corrected chi connectivity index (χ0v) is 20.0. The molecular formula is C29H20O10. The van der Waals surface area contributed by atoms with Gasteiger partial charge in [-0.2, -0.15) is 0 Å². The number of carboxylic acid groups (broad SMARTS) is 4. The summed E-state index contributed by atoms with van der Waals surface area (Å²) in [5, 5.41) is 37.0. The van der Waals surface area contributed by atoms with Crippen molar-refractivity contribution in [2.45, 2.75) is 6.42 Å². The molecule has 4 aromatic rings. The first-order chi connectivity index (χ1) is 18.6. The summed E-state index contributed by atoms with van der Waals surface area (Å²) in [5.74, 6) is -4.31. The van der Waals surface area contributed by atoms with Crippen LogP contribution >= 0.6 is 0 Å². The molecule has 196 valence electrons. The van der Waals surface area contributed by atoms with Gasteiger partial charge in [0, 0.05) is 0 Å². The van der Waals surface area contributed by atoms with Gasteiger partial charge in [0.25, 0.3) is 0 Å². The molecule has 0 fully saturated rings. The van der Waals surface area contributed by atoms with E-state index in [-0.39, 0.29) is 33.8 Å². The summed E-state index contributed by atoms with van der Waals surface area (Å²) >= 11 is 0. The zero-order valence-electron chi connectivity index (χ0n) is 20.0. The van der Waals surface area contributed by atoms with Crippen LogP contribution in [-0.2, 0) is 6.42 Å². The van der Waals surface area contributed by atoms with Gasteiger partial charge in [-0.1, -0.05) is 24.3 Å². The number of ether oxygens (including phenoxy) is 2. The van der Waals surface area contributed by atoms with Gasteiger partial charge in [-0.3, -0.25) is 0 Å². The molecular weight excluding hydrogens is 508 g/mol. The molecule has 4 rings (SSSR count). The Bertz CT molecular complexity index is 1490. The monoisotopic (exact) mass is 528 g/mol. The van der Waals surface area contributed by atoms with Crippen LogP contribution in [0, 0.1) is 0 Å². The highest BCUT2D eigenvalue weighted by Gasteiger charge is 2.18. The van der Waals surface area contributed by atoms with E-state index in [1.54, 1.807) is 36.4 Å². The first-order valence-corrected chi connectivity index (χ1v) is 11.4. The Morgan fingerprint density at radius 2 is 0.821 bits per heavy atom. The van der Waals surface area contributed by atoms with Gasteiger partial charge in [0.05, 0.1) is 22.3 Å². The third-order valence-corrected chi connectivity index (χ3v) is 5.58. The number of hydrogen-bond acceptors (Lipinski definition) is 6. The Morgan fingerprint density at radius 1 is 0.462 bits per heavy atom. The molecule has 39 heavy (non-hydrogen) atoms. The second kappa shape index (κ2) is 11.2. The molecule has 0 aliphatic heterocycles. The van der Waals surface area contributed by atoms with Gasteiger partial charge in [0.2, 0.25) is 0 Å². The Balaban J connectivity index is 1.51. The highest BCUT2D eigenvalue weighted by atomic mass is 16.5. The number of carboxylic acids is 4. The third kappa shape index (κ3) is 6.38. The van der Waals surface area contributed by atoms with Crippen molar-refractivity contribution in [3.63, 3.8) is 0 Å². The van der Waals surface area contributed by atoms with Crippen LogP contribution in [-0.4, -0.2) is 44.3 Å². The highest BCUT2D eigenvalue weighted by molar-refractivity contribution is 6.02. The minimum absolute atomic E-state index is 0.166. The van der Waals surface area contributed by atoms with E-state index in [2.05, 4.69) is 0 Å². The van der Waals surface area contributed by atoms with E-state index in [0.717, 1.165) is 23.3 Å². The molecule has 0 saturated heterocycles. The summed E-state index contributed by atoms with van der Waals surface area (Å²) < 4.78 is 11.5. The van der Waals surface area contributed by atoms with Crippen LogP contribution in [0.2, 0.25) is 0 Å². The third-order valence-electron chi connectivity index (χ3n) is 5.58. The molecule has 0 radical (unpaired) electrons. The molecule has 10 nitrogen and oxygen atoms in total. The van der Waals surface area contributed by atoms with Gasteiger partial charge in [0.1, 0.15) is 23.0 Å². The predicted octanol–water partition coefficient (Wildman–Crippen LogP) is 5.65. The highest BCUT2D eigenvalue weighted by Crippen LogP contribution is 2.28. The smallest absolute Gasteiger partial charge is 0.336 e.